The van der Waals surface area contributed by atoms with Gasteiger partial charge in [0, 0.05) is 36.3 Å². The van der Waals surface area contributed by atoms with E-state index in [-0.39, 0.29) is 28.3 Å². The fourth-order valence-corrected chi connectivity index (χ4v) is 4.29. The van der Waals surface area contributed by atoms with Gasteiger partial charge in [0.1, 0.15) is 22.7 Å². The molecule has 2 aliphatic heterocycles. The van der Waals surface area contributed by atoms with Gasteiger partial charge in [-0.05, 0) is 17.7 Å². The maximum absolute atomic E-state index is 14.2. The van der Waals surface area contributed by atoms with Gasteiger partial charge in [-0.3, -0.25) is 20.5 Å². The molecule has 0 spiro atoms. The molecular formula is C22H24ClFN6O5. The number of benzene rings is 2. The molecule has 2 aromatic carbocycles. The van der Waals surface area contributed by atoms with Gasteiger partial charge in [0.25, 0.3) is 0 Å². The number of hydrogen-bond acceptors (Lipinski definition) is 9. The summed E-state index contributed by atoms with van der Waals surface area (Å²) in [5.41, 5.74) is 1.12. The van der Waals surface area contributed by atoms with Crippen molar-refractivity contribution in [1.82, 2.24) is 15.6 Å². The second kappa shape index (κ2) is 10.0. The summed E-state index contributed by atoms with van der Waals surface area (Å²) in [7, 11) is 2.80. The van der Waals surface area contributed by atoms with E-state index in [1.807, 2.05) is 12.1 Å². The summed E-state index contributed by atoms with van der Waals surface area (Å²) in [6.07, 6.45) is -1.19. The van der Waals surface area contributed by atoms with Gasteiger partial charge < -0.3 is 24.8 Å². The minimum absolute atomic E-state index is 0.000890. The van der Waals surface area contributed by atoms with Crippen molar-refractivity contribution in [1.29, 1.82) is 5.41 Å². The standard InChI is InChI=1S/C22H24ClFN6O5/c1-33-16-7-11(18-10-27-5-6-35-18)3-4-12(16)20-19(23)21(25)29(26)22(28-20)13-8-15(30(31)32)14(24)9-17(13)34-2/h3-4,7-9,18,22,25,27-28H,5-6,10,26H2,1-2H3. The number of nitrogens with zero attached hydrogens (tertiary/aromatic N) is 2. The van der Waals surface area contributed by atoms with Gasteiger partial charge in [0.15, 0.2) is 5.84 Å². The van der Waals surface area contributed by atoms with E-state index in [4.69, 9.17) is 37.1 Å². The minimum atomic E-state index is -1.06. The summed E-state index contributed by atoms with van der Waals surface area (Å²) in [6.45, 7) is 2.02. The van der Waals surface area contributed by atoms with Crippen molar-refractivity contribution < 1.29 is 23.5 Å². The molecule has 0 aromatic heterocycles. The molecule has 2 heterocycles. The highest BCUT2D eigenvalue weighted by molar-refractivity contribution is 6.46. The highest BCUT2D eigenvalue weighted by Crippen LogP contribution is 2.40. The van der Waals surface area contributed by atoms with E-state index in [0.717, 1.165) is 29.2 Å². The van der Waals surface area contributed by atoms with Gasteiger partial charge in [-0.1, -0.05) is 17.7 Å². The Morgan fingerprint density at radius 2 is 2.03 bits per heavy atom. The number of methoxy groups -OCH3 is 2. The van der Waals surface area contributed by atoms with Gasteiger partial charge in [-0.15, -0.1) is 0 Å². The Bertz CT molecular complexity index is 1200. The normalized spacial score (nSPS) is 20.5. The molecule has 1 saturated heterocycles. The third-order valence-electron chi connectivity index (χ3n) is 5.83. The van der Waals surface area contributed by atoms with Crippen LogP contribution in [0.5, 0.6) is 11.5 Å². The van der Waals surface area contributed by atoms with Crippen LogP contribution in [0.2, 0.25) is 0 Å². The first-order valence-corrected chi connectivity index (χ1v) is 11.0. The average Bonchev–Trinajstić information content (AvgIpc) is 2.87. The van der Waals surface area contributed by atoms with Crippen molar-refractivity contribution in [2.75, 3.05) is 33.9 Å². The first kappa shape index (κ1) is 24.7. The van der Waals surface area contributed by atoms with Crippen molar-refractivity contribution in [3.8, 4) is 11.5 Å². The Kier molecular flexibility index (Phi) is 7.08. The predicted molar refractivity (Wildman–Crippen MR) is 127 cm³/mol. The number of nitrogens with one attached hydrogen (secondary N) is 3. The zero-order valence-electron chi connectivity index (χ0n) is 18.9. The van der Waals surface area contributed by atoms with Crippen molar-refractivity contribution in [3.63, 3.8) is 0 Å². The summed E-state index contributed by atoms with van der Waals surface area (Å²) >= 11 is 6.49. The molecule has 2 atom stereocenters. The fourth-order valence-electron chi connectivity index (χ4n) is 4.04. The van der Waals surface area contributed by atoms with Crippen LogP contribution >= 0.6 is 11.6 Å². The van der Waals surface area contributed by atoms with E-state index < -0.39 is 22.6 Å². The highest BCUT2D eigenvalue weighted by Gasteiger charge is 2.35. The molecule has 13 heteroatoms. The molecule has 0 aliphatic carbocycles. The smallest absolute Gasteiger partial charge is 0.305 e. The second-order valence-corrected chi connectivity index (χ2v) is 8.20. The molecule has 186 valence electrons. The van der Waals surface area contributed by atoms with Gasteiger partial charge >= 0.3 is 5.69 Å². The number of nitro benzene ring substituents is 1. The highest BCUT2D eigenvalue weighted by atomic mass is 35.5. The Balaban J connectivity index is 1.77. The molecule has 2 unspecified atom stereocenters. The van der Waals surface area contributed by atoms with E-state index in [1.165, 1.54) is 14.2 Å². The van der Waals surface area contributed by atoms with Crippen LogP contribution in [0, 0.1) is 21.3 Å². The third-order valence-corrected chi connectivity index (χ3v) is 6.20. The number of amidine groups is 1. The summed E-state index contributed by atoms with van der Waals surface area (Å²) in [5.74, 6) is 5.27. The monoisotopic (exact) mass is 506 g/mol. The first-order valence-electron chi connectivity index (χ1n) is 10.6. The van der Waals surface area contributed by atoms with E-state index >= 15 is 0 Å². The lowest BCUT2D eigenvalue weighted by Crippen LogP contribution is -2.50. The van der Waals surface area contributed by atoms with Gasteiger partial charge in [-0.25, -0.2) is 5.84 Å². The number of rotatable bonds is 6. The van der Waals surface area contributed by atoms with Crippen LogP contribution in [-0.2, 0) is 4.74 Å². The topological polar surface area (TPSA) is 148 Å². The summed E-state index contributed by atoms with van der Waals surface area (Å²) in [6, 6.07) is 7.38. The maximum atomic E-state index is 14.2. The van der Waals surface area contributed by atoms with Gasteiger partial charge in [0.2, 0.25) is 5.82 Å². The zero-order chi connectivity index (χ0) is 25.3. The van der Waals surface area contributed by atoms with E-state index in [9.17, 15) is 14.5 Å². The van der Waals surface area contributed by atoms with Crippen LogP contribution in [0.25, 0.3) is 5.70 Å². The SMILES string of the molecule is COc1cc(C2CNCCO2)ccc1C1=C(Cl)C(=N)N(N)C(c2cc([N+](=O)[O-])c(F)cc2OC)N1. The summed E-state index contributed by atoms with van der Waals surface area (Å²) in [4.78, 5) is 10.5. The predicted octanol–water partition coefficient (Wildman–Crippen LogP) is 2.77. The molecule has 5 N–H and O–H groups in total. The van der Waals surface area contributed by atoms with Crippen LogP contribution < -0.4 is 25.9 Å². The summed E-state index contributed by atoms with van der Waals surface area (Å²) in [5, 5.41) is 27.2. The number of hydrazine groups is 1. The van der Waals surface area contributed by atoms with E-state index in [0.29, 0.717) is 30.2 Å². The van der Waals surface area contributed by atoms with Crippen molar-refractivity contribution >= 4 is 28.8 Å². The molecule has 11 nitrogen and oxygen atoms in total. The van der Waals surface area contributed by atoms with Crippen molar-refractivity contribution in [2.45, 2.75) is 12.3 Å². The van der Waals surface area contributed by atoms with Crippen LogP contribution in [0.4, 0.5) is 10.1 Å². The van der Waals surface area contributed by atoms with Gasteiger partial charge in [0.05, 0.1) is 37.6 Å². The lowest BCUT2D eigenvalue weighted by Gasteiger charge is -2.37. The van der Waals surface area contributed by atoms with Gasteiger partial charge in [-0.2, -0.15) is 4.39 Å². The third kappa shape index (κ3) is 4.60. The average molecular weight is 507 g/mol. The molecule has 4 rings (SSSR count). The Labute approximate surface area is 205 Å². The molecule has 2 aliphatic rings. The number of morpholine rings is 1. The maximum Gasteiger partial charge on any atom is 0.305 e. The molecule has 0 radical (unpaired) electrons. The minimum Gasteiger partial charge on any atom is -0.496 e. The molecular weight excluding hydrogens is 483 g/mol. The van der Waals surface area contributed by atoms with Crippen LogP contribution in [0.3, 0.4) is 0 Å². The second-order valence-electron chi connectivity index (χ2n) is 7.82. The largest absolute Gasteiger partial charge is 0.496 e. The quantitative estimate of drug-likeness (QED) is 0.263. The molecule has 35 heavy (non-hydrogen) atoms. The fraction of sp³-hybridized carbons (Fsp3) is 0.318. The van der Waals surface area contributed by atoms with Crippen LogP contribution in [-0.4, -0.2) is 49.7 Å². The lowest BCUT2D eigenvalue weighted by atomic mass is 10.0. The summed E-state index contributed by atoms with van der Waals surface area (Å²) < 4.78 is 30.9. The number of nitrogens with two attached hydrogens (primary N) is 1. The Morgan fingerprint density at radius 3 is 2.66 bits per heavy atom. The molecule has 0 bridgehead atoms. The number of nitro groups is 1. The van der Waals surface area contributed by atoms with Crippen LogP contribution in [0.1, 0.15) is 29.0 Å². The van der Waals surface area contributed by atoms with Crippen molar-refractivity contribution in [3.05, 3.63) is 68.0 Å². The first-order chi connectivity index (χ1) is 16.8. The Morgan fingerprint density at radius 1 is 1.29 bits per heavy atom. The van der Waals surface area contributed by atoms with E-state index in [2.05, 4.69) is 10.6 Å². The Hall–Kier alpha value is -3.45. The molecule has 2 aromatic rings. The number of ether oxygens (including phenoxy) is 3. The number of halogens is 2. The molecule has 0 amide bonds. The number of hydrogen-bond donors (Lipinski definition) is 4. The lowest BCUT2D eigenvalue weighted by molar-refractivity contribution is -0.387. The van der Waals surface area contributed by atoms with Crippen LogP contribution in [0.15, 0.2) is 35.4 Å². The van der Waals surface area contributed by atoms with Crippen molar-refractivity contribution in [2.24, 2.45) is 5.84 Å². The molecule has 0 saturated carbocycles. The van der Waals surface area contributed by atoms with E-state index in [1.54, 1.807) is 6.07 Å². The zero-order valence-corrected chi connectivity index (χ0v) is 19.7. The molecule has 1 fully saturated rings.